The minimum absolute atomic E-state index is 0.000858. The smallest absolute Gasteiger partial charge is 0.252 e. The first-order valence-electron chi connectivity index (χ1n) is 6.44. The van der Waals surface area contributed by atoms with Crippen molar-refractivity contribution < 1.29 is 8.42 Å². The number of nitrogens with zero attached hydrogens (tertiary/aromatic N) is 2. The lowest BCUT2D eigenvalue weighted by molar-refractivity contribution is 0.291. The Labute approximate surface area is 119 Å². The summed E-state index contributed by atoms with van der Waals surface area (Å²) in [5, 5.41) is 0. The number of nitrogens with two attached hydrogens (primary N) is 1. The first kappa shape index (κ1) is 14.9. The van der Waals surface area contributed by atoms with E-state index in [0.29, 0.717) is 17.3 Å². The Morgan fingerprint density at radius 3 is 2.79 bits per heavy atom. The van der Waals surface area contributed by atoms with E-state index < -0.39 is 10.0 Å². The molecular weight excluding hydrogens is 282 g/mol. The molecule has 108 valence electrons. The van der Waals surface area contributed by atoms with Gasteiger partial charge in [-0.1, -0.05) is 0 Å². The van der Waals surface area contributed by atoms with Crippen molar-refractivity contribution in [2.45, 2.75) is 30.1 Å². The maximum absolute atomic E-state index is 12.7. The molecule has 1 fully saturated rings. The lowest BCUT2D eigenvalue weighted by Crippen LogP contribution is -2.41. The Bertz CT molecular complexity index is 527. The summed E-state index contributed by atoms with van der Waals surface area (Å²) < 4.78 is 27.4. The number of sulfonamides is 1. The fraction of sp³-hybridized carbons (Fsp3) is 0.667. The molecule has 1 aliphatic heterocycles. The van der Waals surface area contributed by atoms with Crippen molar-refractivity contribution in [3.05, 3.63) is 17.0 Å². The van der Waals surface area contributed by atoms with E-state index in [-0.39, 0.29) is 6.04 Å². The van der Waals surface area contributed by atoms with Gasteiger partial charge < -0.3 is 10.6 Å². The molecule has 1 unspecified atom stereocenters. The molecule has 0 saturated carbocycles. The third-order valence-corrected chi connectivity index (χ3v) is 6.98. The topological polar surface area (TPSA) is 66.6 Å². The summed E-state index contributed by atoms with van der Waals surface area (Å²) >= 11 is 1.27. The number of hydrogen-bond acceptors (Lipinski definition) is 5. The number of likely N-dealkylation sites (N-methyl/N-ethyl adjacent to an activating group) is 1. The van der Waals surface area contributed by atoms with E-state index in [2.05, 4.69) is 4.90 Å². The SMILES string of the molecule is CC1CN(C)CCCN1S(=O)(=O)c1ccc(CN)s1. The second-order valence-corrected chi connectivity index (χ2v) is 8.29. The Hall–Kier alpha value is -0.470. The van der Waals surface area contributed by atoms with Crippen molar-refractivity contribution >= 4 is 21.4 Å². The van der Waals surface area contributed by atoms with Gasteiger partial charge in [0.2, 0.25) is 0 Å². The Morgan fingerprint density at radius 1 is 1.42 bits per heavy atom. The van der Waals surface area contributed by atoms with E-state index in [9.17, 15) is 8.42 Å². The van der Waals surface area contributed by atoms with Crippen molar-refractivity contribution in [2.24, 2.45) is 5.73 Å². The van der Waals surface area contributed by atoms with Gasteiger partial charge in [0.25, 0.3) is 10.0 Å². The van der Waals surface area contributed by atoms with Gasteiger partial charge >= 0.3 is 0 Å². The number of thiophene rings is 1. The number of rotatable bonds is 3. The van der Waals surface area contributed by atoms with Crippen LogP contribution in [0.15, 0.2) is 16.3 Å². The molecule has 0 amide bonds. The summed E-state index contributed by atoms with van der Waals surface area (Å²) in [7, 11) is -1.35. The molecule has 0 bridgehead atoms. The van der Waals surface area contributed by atoms with Gasteiger partial charge in [0.1, 0.15) is 4.21 Å². The van der Waals surface area contributed by atoms with Gasteiger partial charge in [-0.15, -0.1) is 11.3 Å². The molecule has 2 rings (SSSR count). The monoisotopic (exact) mass is 303 g/mol. The Balaban J connectivity index is 2.27. The zero-order valence-corrected chi connectivity index (χ0v) is 13.0. The molecule has 0 radical (unpaired) electrons. The molecule has 1 saturated heterocycles. The normalized spacial score (nSPS) is 23.4. The maximum Gasteiger partial charge on any atom is 0.252 e. The average molecular weight is 303 g/mol. The summed E-state index contributed by atoms with van der Waals surface area (Å²) in [4.78, 5) is 3.08. The Morgan fingerprint density at radius 2 is 2.16 bits per heavy atom. The largest absolute Gasteiger partial charge is 0.326 e. The highest BCUT2D eigenvalue weighted by atomic mass is 32.2. The van der Waals surface area contributed by atoms with E-state index >= 15 is 0 Å². The summed E-state index contributed by atoms with van der Waals surface area (Å²) in [6, 6.07) is 3.47. The zero-order valence-electron chi connectivity index (χ0n) is 11.4. The molecule has 2 N–H and O–H groups in total. The lowest BCUT2D eigenvalue weighted by Gasteiger charge is -2.26. The van der Waals surface area contributed by atoms with Gasteiger partial charge in [0.05, 0.1) is 0 Å². The molecule has 1 aromatic heterocycles. The molecule has 0 spiro atoms. The van der Waals surface area contributed by atoms with E-state index in [4.69, 9.17) is 5.73 Å². The van der Waals surface area contributed by atoms with Crippen LogP contribution in [-0.2, 0) is 16.6 Å². The molecule has 1 atom stereocenters. The van der Waals surface area contributed by atoms with Crippen LogP contribution in [0, 0.1) is 0 Å². The predicted octanol–water partition coefficient (Wildman–Crippen LogP) is 0.921. The number of hydrogen-bond donors (Lipinski definition) is 1. The van der Waals surface area contributed by atoms with E-state index in [1.54, 1.807) is 16.4 Å². The van der Waals surface area contributed by atoms with Crippen molar-refractivity contribution in [3.8, 4) is 0 Å². The summed E-state index contributed by atoms with van der Waals surface area (Å²) in [5.74, 6) is 0. The van der Waals surface area contributed by atoms with Crippen LogP contribution >= 0.6 is 11.3 Å². The van der Waals surface area contributed by atoms with Crippen LogP contribution in [0.1, 0.15) is 18.2 Å². The minimum atomic E-state index is -3.38. The summed E-state index contributed by atoms with van der Waals surface area (Å²) in [6.07, 6.45) is 0.870. The van der Waals surface area contributed by atoms with Gasteiger partial charge in [0.15, 0.2) is 0 Å². The second kappa shape index (κ2) is 5.88. The molecular formula is C12H21N3O2S2. The summed E-state index contributed by atoms with van der Waals surface area (Å²) in [6.45, 7) is 4.65. The van der Waals surface area contributed by atoms with Crippen LogP contribution in [0.2, 0.25) is 0 Å². The molecule has 7 heteroatoms. The first-order chi connectivity index (χ1) is 8.95. The third kappa shape index (κ3) is 3.17. The quantitative estimate of drug-likeness (QED) is 0.902. The van der Waals surface area contributed by atoms with Crippen molar-refractivity contribution in [1.29, 1.82) is 0 Å². The van der Waals surface area contributed by atoms with Crippen molar-refractivity contribution in [1.82, 2.24) is 9.21 Å². The van der Waals surface area contributed by atoms with Gasteiger partial charge in [-0.3, -0.25) is 0 Å². The fourth-order valence-corrected chi connectivity index (χ4v) is 5.45. The highest BCUT2D eigenvalue weighted by Gasteiger charge is 2.32. The van der Waals surface area contributed by atoms with E-state index in [1.807, 2.05) is 14.0 Å². The van der Waals surface area contributed by atoms with E-state index in [0.717, 1.165) is 24.4 Å². The molecule has 5 nitrogen and oxygen atoms in total. The van der Waals surface area contributed by atoms with Crippen LogP contribution in [0.3, 0.4) is 0 Å². The molecule has 0 aromatic carbocycles. The second-order valence-electron chi connectivity index (χ2n) is 5.01. The van der Waals surface area contributed by atoms with Crippen LogP contribution in [0.5, 0.6) is 0 Å². The van der Waals surface area contributed by atoms with Crippen LogP contribution in [0.25, 0.3) is 0 Å². The fourth-order valence-electron chi connectivity index (χ4n) is 2.43. The zero-order chi connectivity index (χ0) is 14.0. The summed E-state index contributed by atoms with van der Waals surface area (Å²) in [5.41, 5.74) is 5.55. The maximum atomic E-state index is 12.7. The van der Waals surface area contributed by atoms with Gasteiger partial charge in [-0.2, -0.15) is 4.31 Å². The highest BCUT2D eigenvalue weighted by molar-refractivity contribution is 7.91. The van der Waals surface area contributed by atoms with Gasteiger partial charge in [0, 0.05) is 30.6 Å². The predicted molar refractivity (Wildman–Crippen MR) is 77.7 cm³/mol. The van der Waals surface area contributed by atoms with Crippen molar-refractivity contribution in [3.63, 3.8) is 0 Å². The lowest BCUT2D eigenvalue weighted by atomic mass is 10.3. The highest BCUT2D eigenvalue weighted by Crippen LogP contribution is 2.27. The molecule has 0 aliphatic carbocycles. The van der Waals surface area contributed by atoms with Crippen molar-refractivity contribution in [2.75, 3.05) is 26.7 Å². The van der Waals surface area contributed by atoms with Gasteiger partial charge in [-0.05, 0) is 39.1 Å². The van der Waals surface area contributed by atoms with Crippen LogP contribution in [0.4, 0.5) is 0 Å². The average Bonchev–Trinajstić information content (AvgIpc) is 2.76. The molecule has 2 heterocycles. The molecule has 1 aromatic rings. The Kier molecular flexibility index (Phi) is 4.62. The molecule has 19 heavy (non-hydrogen) atoms. The standard InChI is InChI=1S/C12H21N3O2S2/c1-10-9-14(2)6-3-7-15(10)19(16,17)12-5-4-11(8-13)18-12/h4-5,10H,3,6-9,13H2,1-2H3. The van der Waals surface area contributed by atoms with Crippen LogP contribution in [-0.4, -0.2) is 50.3 Å². The minimum Gasteiger partial charge on any atom is -0.326 e. The third-order valence-electron chi connectivity index (χ3n) is 3.39. The molecule has 1 aliphatic rings. The van der Waals surface area contributed by atoms with E-state index in [1.165, 1.54) is 11.3 Å². The van der Waals surface area contributed by atoms with Crippen LogP contribution < -0.4 is 5.73 Å². The first-order valence-corrected chi connectivity index (χ1v) is 8.70. The van der Waals surface area contributed by atoms with Gasteiger partial charge in [-0.25, -0.2) is 8.42 Å².